The SMILES string of the molecule is CCCNCc1ccn(-c2cccc3c2CCCC3)n1. The lowest BCUT2D eigenvalue weighted by atomic mass is 9.90. The zero-order valence-corrected chi connectivity index (χ0v) is 12.2. The molecule has 0 radical (unpaired) electrons. The largest absolute Gasteiger partial charge is 0.311 e. The van der Waals surface area contributed by atoms with Gasteiger partial charge in [-0.3, -0.25) is 0 Å². The normalized spacial score (nSPS) is 14.2. The van der Waals surface area contributed by atoms with Crippen LogP contribution < -0.4 is 5.32 Å². The number of nitrogens with zero attached hydrogens (tertiary/aromatic N) is 2. The van der Waals surface area contributed by atoms with Gasteiger partial charge in [-0.1, -0.05) is 19.1 Å². The highest BCUT2D eigenvalue weighted by molar-refractivity contribution is 5.46. The molecule has 0 saturated carbocycles. The fraction of sp³-hybridized carbons (Fsp3) is 0.471. The minimum atomic E-state index is 0.857. The lowest BCUT2D eigenvalue weighted by Crippen LogP contribution is -2.14. The first-order valence-corrected chi connectivity index (χ1v) is 7.75. The van der Waals surface area contributed by atoms with E-state index in [0.29, 0.717) is 0 Å². The van der Waals surface area contributed by atoms with Gasteiger partial charge in [-0.2, -0.15) is 5.10 Å². The van der Waals surface area contributed by atoms with Gasteiger partial charge in [-0.15, -0.1) is 0 Å². The summed E-state index contributed by atoms with van der Waals surface area (Å²) in [5, 5.41) is 8.12. The van der Waals surface area contributed by atoms with Crippen molar-refractivity contribution in [1.82, 2.24) is 15.1 Å². The third kappa shape index (κ3) is 2.78. The summed E-state index contributed by atoms with van der Waals surface area (Å²) in [6.45, 7) is 4.09. The summed E-state index contributed by atoms with van der Waals surface area (Å²) in [7, 11) is 0. The lowest BCUT2D eigenvalue weighted by Gasteiger charge is -2.19. The molecule has 1 aliphatic carbocycles. The van der Waals surface area contributed by atoms with Crippen LogP contribution in [0.4, 0.5) is 0 Å². The highest BCUT2D eigenvalue weighted by Gasteiger charge is 2.14. The molecule has 3 rings (SSSR count). The molecule has 1 aromatic carbocycles. The van der Waals surface area contributed by atoms with E-state index in [4.69, 9.17) is 5.10 Å². The molecule has 3 nitrogen and oxygen atoms in total. The van der Waals surface area contributed by atoms with Gasteiger partial charge in [0.1, 0.15) is 0 Å². The molecule has 106 valence electrons. The molecular weight excluding hydrogens is 246 g/mol. The van der Waals surface area contributed by atoms with Gasteiger partial charge in [-0.05, 0) is 61.9 Å². The highest BCUT2D eigenvalue weighted by Crippen LogP contribution is 2.26. The number of nitrogens with one attached hydrogen (secondary N) is 1. The Kier molecular flexibility index (Phi) is 4.16. The van der Waals surface area contributed by atoms with E-state index in [0.717, 1.165) is 25.2 Å². The molecule has 0 unspecified atom stereocenters. The first-order chi connectivity index (χ1) is 9.88. The molecule has 0 atom stereocenters. The molecule has 1 aliphatic rings. The van der Waals surface area contributed by atoms with Crippen molar-refractivity contribution < 1.29 is 0 Å². The number of hydrogen-bond acceptors (Lipinski definition) is 2. The van der Waals surface area contributed by atoms with Crippen LogP contribution >= 0.6 is 0 Å². The average Bonchev–Trinajstić information content (AvgIpc) is 2.96. The van der Waals surface area contributed by atoms with Crippen LogP contribution in [-0.4, -0.2) is 16.3 Å². The first kappa shape index (κ1) is 13.4. The Hall–Kier alpha value is -1.61. The number of aryl methyl sites for hydroxylation is 1. The molecule has 3 heteroatoms. The van der Waals surface area contributed by atoms with Crippen molar-refractivity contribution in [1.29, 1.82) is 0 Å². The molecule has 1 heterocycles. The van der Waals surface area contributed by atoms with Gasteiger partial charge >= 0.3 is 0 Å². The predicted molar refractivity (Wildman–Crippen MR) is 82.2 cm³/mol. The highest BCUT2D eigenvalue weighted by atomic mass is 15.3. The van der Waals surface area contributed by atoms with Crippen molar-refractivity contribution in [2.24, 2.45) is 0 Å². The van der Waals surface area contributed by atoms with Crippen molar-refractivity contribution in [2.45, 2.75) is 45.6 Å². The number of hydrogen-bond donors (Lipinski definition) is 1. The van der Waals surface area contributed by atoms with Crippen LogP contribution in [0.25, 0.3) is 5.69 Å². The summed E-state index contributed by atoms with van der Waals surface area (Å²) in [6.07, 6.45) is 8.28. The van der Waals surface area contributed by atoms with Crippen LogP contribution in [0.3, 0.4) is 0 Å². The van der Waals surface area contributed by atoms with Crippen LogP contribution in [0.1, 0.15) is 43.0 Å². The fourth-order valence-corrected chi connectivity index (χ4v) is 2.96. The fourth-order valence-electron chi connectivity index (χ4n) is 2.96. The van der Waals surface area contributed by atoms with Gasteiger partial charge in [0, 0.05) is 12.7 Å². The standard InChI is InChI=1S/C17H23N3/c1-2-11-18-13-15-10-12-20(19-15)17-9-5-7-14-6-3-4-8-16(14)17/h5,7,9-10,12,18H,2-4,6,8,11,13H2,1H3. The second-order valence-corrected chi connectivity index (χ2v) is 5.55. The number of benzene rings is 1. The summed E-state index contributed by atoms with van der Waals surface area (Å²) >= 11 is 0. The van der Waals surface area contributed by atoms with Crippen LogP contribution in [-0.2, 0) is 19.4 Å². The van der Waals surface area contributed by atoms with E-state index in [9.17, 15) is 0 Å². The van der Waals surface area contributed by atoms with Gasteiger partial charge in [-0.25, -0.2) is 4.68 Å². The molecule has 1 N–H and O–H groups in total. The first-order valence-electron chi connectivity index (χ1n) is 7.75. The smallest absolute Gasteiger partial charge is 0.0766 e. The van der Waals surface area contributed by atoms with E-state index >= 15 is 0 Å². The van der Waals surface area contributed by atoms with Crippen molar-refractivity contribution in [2.75, 3.05) is 6.54 Å². The molecule has 20 heavy (non-hydrogen) atoms. The molecule has 1 aromatic heterocycles. The van der Waals surface area contributed by atoms with E-state index < -0.39 is 0 Å². The summed E-state index contributed by atoms with van der Waals surface area (Å²) in [5.41, 5.74) is 5.39. The van der Waals surface area contributed by atoms with Crippen LogP contribution in [0.2, 0.25) is 0 Å². The van der Waals surface area contributed by atoms with Crippen LogP contribution in [0.5, 0.6) is 0 Å². The topological polar surface area (TPSA) is 29.9 Å². The second kappa shape index (κ2) is 6.23. The maximum Gasteiger partial charge on any atom is 0.0766 e. The predicted octanol–water partition coefficient (Wildman–Crippen LogP) is 3.25. The monoisotopic (exact) mass is 269 g/mol. The van der Waals surface area contributed by atoms with E-state index in [1.54, 1.807) is 0 Å². The van der Waals surface area contributed by atoms with E-state index in [1.807, 2.05) is 4.68 Å². The zero-order valence-electron chi connectivity index (χ0n) is 12.2. The van der Waals surface area contributed by atoms with Crippen LogP contribution in [0, 0.1) is 0 Å². The Morgan fingerprint density at radius 3 is 3.00 bits per heavy atom. The molecule has 0 spiro atoms. The van der Waals surface area contributed by atoms with E-state index in [-0.39, 0.29) is 0 Å². The molecule has 0 aliphatic heterocycles. The Morgan fingerprint density at radius 1 is 1.20 bits per heavy atom. The molecule has 0 amide bonds. The maximum absolute atomic E-state index is 4.71. The summed E-state index contributed by atoms with van der Waals surface area (Å²) in [4.78, 5) is 0. The average molecular weight is 269 g/mol. The van der Waals surface area contributed by atoms with Crippen molar-refractivity contribution >= 4 is 0 Å². The van der Waals surface area contributed by atoms with E-state index in [2.05, 4.69) is 42.7 Å². The minimum Gasteiger partial charge on any atom is -0.311 e. The summed E-state index contributed by atoms with van der Waals surface area (Å²) in [5.74, 6) is 0. The molecule has 0 bridgehead atoms. The van der Waals surface area contributed by atoms with Crippen LogP contribution in [0.15, 0.2) is 30.5 Å². The Bertz CT molecular complexity index is 571. The molecule has 0 saturated heterocycles. The Morgan fingerprint density at radius 2 is 2.10 bits per heavy atom. The van der Waals surface area contributed by atoms with Gasteiger partial charge in [0.2, 0.25) is 0 Å². The Labute approximate surface area is 121 Å². The number of fused-ring (bicyclic) bond motifs is 1. The Balaban J connectivity index is 1.82. The molecular formula is C17H23N3. The summed E-state index contributed by atoms with van der Waals surface area (Å²) < 4.78 is 2.05. The molecule has 0 fully saturated rings. The third-order valence-electron chi connectivity index (χ3n) is 4.00. The lowest BCUT2D eigenvalue weighted by molar-refractivity contribution is 0.652. The third-order valence-corrected chi connectivity index (χ3v) is 4.00. The van der Waals surface area contributed by atoms with Gasteiger partial charge < -0.3 is 5.32 Å². The number of aromatic nitrogens is 2. The zero-order chi connectivity index (χ0) is 13.8. The van der Waals surface area contributed by atoms with Gasteiger partial charge in [0.05, 0.1) is 11.4 Å². The molecule has 2 aromatic rings. The van der Waals surface area contributed by atoms with Crippen molar-refractivity contribution in [3.05, 3.63) is 47.3 Å². The minimum absolute atomic E-state index is 0.857. The quantitative estimate of drug-likeness (QED) is 0.844. The van der Waals surface area contributed by atoms with Crippen molar-refractivity contribution in [3.63, 3.8) is 0 Å². The van der Waals surface area contributed by atoms with Gasteiger partial charge in [0.25, 0.3) is 0 Å². The number of rotatable bonds is 5. The maximum atomic E-state index is 4.71. The van der Waals surface area contributed by atoms with E-state index in [1.165, 1.54) is 42.5 Å². The second-order valence-electron chi connectivity index (χ2n) is 5.55. The van der Waals surface area contributed by atoms with Gasteiger partial charge in [0.15, 0.2) is 0 Å². The summed E-state index contributed by atoms with van der Waals surface area (Å²) in [6, 6.07) is 8.74. The van der Waals surface area contributed by atoms with Crippen molar-refractivity contribution in [3.8, 4) is 5.69 Å².